The average Bonchev–Trinajstić information content (AvgIpc) is 2.62. The van der Waals surface area contributed by atoms with Crippen molar-refractivity contribution < 1.29 is 0 Å². The highest BCUT2D eigenvalue weighted by atomic mass is 14.6. The Morgan fingerprint density at radius 2 is 1.16 bits per heavy atom. The molecule has 0 amide bonds. The van der Waals surface area contributed by atoms with Crippen molar-refractivity contribution in [1.82, 2.24) is 0 Å². The van der Waals surface area contributed by atoms with Crippen molar-refractivity contribution in [3.8, 4) is 11.1 Å². The first-order valence-electron chi connectivity index (χ1n) is 9.40. The maximum absolute atomic E-state index is 6.42. The topological polar surface area (TPSA) is 26.0 Å². The van der Waals surface area contributed by atoms with Gasteiger partial charge in [0.2, 0.25) is 0 Å². The van der Waals surface area contributed by atoms with Gasteiger partial charge >= 0.3 is 0 Å². The Bertz CT molecular complexity index is 815. The van der Waals surface area contributed by atoms with Crippen LogP contribution in [0.1, 0.15) is 64.5 Å². The minimum atomic E-state index is 0.424. The monoisotopic (exact) mass is 333 g/mol. The predicted octanol–water partition coefficient (Wildman–Crippen LogP) is 7.36. The zero-order chi connectivity index (χ0) is 18.6. The first kappa shape index (κ1) is 19.1. The molecule has 0 spiro atoms. The SMILES string of the molecule is CC.CC(C)c1cc(-c2ccc3ccccc3c2)cc(C(C)C)c1N. The predicted molar refractivity (Wildman–Crippen MR) is 113 cm³/mol. The third-order valence-electron chi connectivity index (χ3n) is 4.57. The van der Waals surface area contributed by atoms with E-state index in [9.17, 15) is 0 Å². The number of nitrogen functional groups attached to an aromatic ring is 1. The summed E-state index contributed by atoms with van der Waals surface area (Å²) in [5, 5.41) is 2.55. The maximum Gasteiger partial charge on any atom is 0.0384 e. The Hall–Kier alpha value is -2.28. The van der Waals surface area contributed by atoms with E-state index in [2.05, 4.69) is 82.3 Å². The van der Waals surface area contributed by atoms with Crippen molar-refractivity contribution in [2.24, 2.45) is 0 Å². The molecule has 132 valence electrons. The zero-order valence-electron chi connectivity index (χ0n) is 16.4. The molecule has 2 N–H and O–H groups in total. The average molecular weight is 334 g/mol. The van der Waals surface area contributed by atoms with Gasteiger partial charge in [-0.15, -0.1) is 0 Å². The van der Waals surface area contributed by atoms with Crippen molar-refractivity contribution in [3.05, 3.63) is 65.7 Å². The first-order valence-corrected chi connectivity index (χ1v) is 9.40. The van der Waals surface area contributed by atoms with Crippen LogP contribution in [0.2, 0.25) is 0 Å². The van der Waals surface area contributed by atoms with E-state index in [0.717, 1.165) is 5.69 Å². The summed E-state index contributed by atoms with van der Waals surface area (Å²) in [5.74, 6) is 0.848. The fourth-order valence-electron chi connectivity index (χ4n) is 3.19. The van der Waals surface area contributed by atoms with E-state index in [1.165, 1.54) is 33.0 Å². The number of hydrogen-bond donors (Lipinski definition) is 1. The van der Waals surface area contributed by atoms with Gasteiger partial charge in [-0.05, 0) is 63.1 Å². The van der Waals surface area contributed by atoms with E-state index in [4.69, 9.17) is 5.73 Å². The largest absolute Gasteiger partial charge is 0.398 e. The van der Waals surface area contributed by atoms with E-state index in [1.807, 2.05) is 13.8 Å². The van der Waals surface area contributed by atoms with Crippen LogP contribution in [0.4, 0.5) is 5.69 Å². The molecule has 0 aromatic heterocycles. The van der Waals surface area contributed by atoms with Crippen molar-refractivity contribution in [2.45, 2.75) is 53.4 Å². The van der Waals surface area contributed by atoms with Gasteiger partial charge in [0.25, 0.3) is 0 Å². The van der Waals surface area contributed by atoms with Crippen molar-refractivity contribution >= 4 is 16.5 Å². The molecular weight excluding hydrogens is 302 g/mol. The summed E-state index contributed by atoms with van der Waals surface area (Å²) in [7, 11) is 0. The number of anilines is 1. The van der Waals surface area contributed by atoms with Gasteiger partial charge in [0.15, 0.2) is 0 Å². The zero-order valence-corrected chi connectivity index (χ0v) is 16.4. The first-order chi connectivity index (χ1) is 12.0. The van der Waals surface area contributed by atoms with Crippen LogP contribution in [0.5, 0.6) is 0 Å². The number of nitrogens with two attached hydrogens (primary N) is 1. The van der Waals surface area contributed by atoms with Crippen LogP contribution in [0.25, 0.3) is 21.9 Å². The van der Waals surface area contributed by atoms with Gasteiger partial charge in [0.05, 0.1) is 0 Å². The Morgan fingerprint density at radius 3 is 1.68 bits per heavy atom. The van der Waals surface area contributed by atoms with Crippen molar-refractivity contribution in [2.75, 3.05) is 5.73 Å². The molecule has 0 aliphatic carbocycles. The molecule has 0 saturated carbocycles. The molecule has 0 heterocycles. The van der Waals surface area contributed by atoms with Gasteiger partial charge in [0.1, 0.15) is 0 Å². The molecule has 1 nitrogen and oxygen atoms in total. The Kier molecular flexibility index (Phi) is 6.25. The lowest BCUT2D eigenvalue weighted by molar-refractivity contribution is 0.840. The highest BCUT2D eigenvalue weighted by Crippen LogP contribution is 2.35. The molecule has 3 aromatic carbocycles. The summed E-state index contributed by atoms with van der Waals surface area (Å²) >= 11 is 0. The number of hydrogen-bond acceptors (Lipinski definition) is 1. The molecule has 0 atom stereocenters. The molecule has 25 heavy (non-hydrogen) atoms. The van der Waals surface area contributed by atoms with Crippen molar-refractivity contribution in [1.29, 1.82) is 0 Å². The van der Waals surface area contributed by atoms with Gasteiger partial charge in [-0.25, -0.2) is 0 Å². The lowest BCUT2D eigenvalue weighted by Gasteiger charge is -2.19. The third-order valence-corrected chi connectivity index (χ3v) is 4.57. The summed E-state index contributed by atoms with van der Waals surface area (Å²) in [5.41, 5.74) is 12.4. The lowest BCUT2D eigenvalue weighted by atomic mass is 9.88. The summed E-state index contributed by atoms with van der Waals surface area (Å²) in [4.78, 5) is 0. The minimum absolute atomic E-state index is 0.424. The molecule has 0 aliphatic heterocycles. The second-order valence-electron chi connectivity index (χ2n) is 6.94. The smallest absolute Gasteiger partial charge is 0.0384 e. The van der Waals surface area contributed by atoms with E-state index in [1.54, 1.807) is 0 Å². The van der Waals surface area contributed by atoms with Gasteiger partial charge in [-0.2, -0.15) is 0 Å². The van der Waals surface area contributed by atoms with Crippen LogP contribution < -0.4 is 5.73 Å². The molecule has 0 unspecified atom stereocenters. The standard InChI is InChI=1S/C22H25N.C2H6/c1-14(2)20-12-19(13-21(15(3)4)22(20)23)18-10-9-16-7-5-6-8-17(16)11-18;1-2/h5-15H,23H2,1-4H3;1-2H3. The Morgan fingerprint density at radius 1 is 0.640 bits per heavy atom. The van der Waals surface area contributed by atoms with Crippen molar-refractivity contribution in [3.63, 3.8) is 0 Å². The highest BCUT2D eigenvalue weighted by molar-refractivity contribution is 5.87. The van der Waals surface area contributed by atoms with Crippen LogP contribution in [-0.2, 0) is 0 Å². The summed E-state index contributed by atoms with van der Waals surface area (Å²) in [6.07, 6.45) is 0. The summed E-state index contributed by atoms with van der Waals surface area (Å²) in [6, 6.07) is 19.7. The van der Waals surface area contributed by atoms with E-state index >= 15 is 0 Å². The molecule has 0 aliphatic rings. The highest BCUT2D eigenvalue weighted by Gasteiger charge is 2.14. The Balaban J connectivity index is 0.00000109. The normalized spacial score (nSPS) is 10.9. The van der Waals surface area contributed by atoms with Crippen LogP contribution >= 0.6 is 0 Å². The van der Waals surface area contributed by atoms with E-state index < -0.39 is 0 Å². The van der Waals surface area contributed by atoms with Gasteiger partial charge in [0, 0.05) is 5.69 Å². The second kappa shape index (κ2) is 8.20. The van der Waals surface area contributed by atoms with Gasteiger partial charge < -0.3 is 5.73 Å². The van der Waals surface area contributed by atoms with Crippen LogP contribution in [0.3, 0.4) is 0 Å². The molecule has 3 aromatic rings. The number of benzene rings is 3. The summed E-state index contributed by atoms with van der Waals surface area (Å²) < 4.78 is 0. The maximum atomic E-state index is 6.42. The van der Waals surface area contributed by atoms with Crippen LogP contribution in [0.15, 0.2) is 54.6 Å². The number of rotatable bonds is 3. The third kappa shape index (κ3) is 4.04. The molecule has 0 bridgehead atoms. The number of fused-ring (bicyclic) bond motifs is 1. The fraction of sp³-hybridized carbons (Fsp3) is 0.333. The molecule has 0 saturated heterocycles. The minimum Gasteiger partial charge on any atom is -0.398 e. The Labute approximate surface area is 152 Å². The molecule has 3 rings (SSSR count). The fourth-order valence-corrected chi connectivity index (χ4v) is 3.19. The van der Waals surface area contributed by atoms with Gasteiger partial charge in [-0.1, -0.05) is 77.9 Å². The molecule has 1 heteroatoms. The molecule has 0 radical (unpaired) electrons. The van der Waals surface area contributed by atoms with Crippen LogP contribution in [0, 0.1) is 0 Å². The van der Waals surface area contributed by atoms with Gasteiger partial charge in [-0.3, -0.25) is 0 Å². The summed E-state index contributed by atoms with van der Waals surface area (Å²) in [6.45, 7) is 12.8. The lowest BCUT2D eigenvalue weighted by Crippen LogP contribution is -2.03. The second-order valence-corrected chi connectivity index (χ2v) is 6.94. The molecular formula is C24H31N. The quantitative estimate of drug-likeness (QED) is 0.498. The van der Waals surface area contributed by atoms with E-state index in [0.29, 0.717) is 11.8 Å². The van der Waals surface area contributed by atoms with Crippen LogP contribution in [-0.4, -0.2) is 0 Å². The molecule has 0 fully saturated rings. The van der Waals surface area contributed by atoms with E-state index in [-0.39, 0.29) is 0 Å².